The highest BCUT2D eigenvalue weighted by atomic mass is 16.5. The highest BCUT2D eigenvalue weighted by Gasteiger charge is 2.35. The van der Waals surface area contributed by atoms with Crippen molar-refractivity contribution in [2.75, 3.05) is 31.1 Å². The summed E-state index contributed by atoms with van der Waals surface area (Å²) >= 11 is 0. The van der Waals surface area contributed by atoms with Gasteiger partial charge in [0.05, 0.1) is 5.69 Å². The Kier molecular flexibility index (Phi) is 8.87. The smallest absolute Gasteiger partial charge is 0.323 e. The van der Waals surface area contributed by atoms with Crippen molar-refractivity contribution in [1.82, 2.24) is 10.6 Å². The summed E-state index contributed by atoms with van der Waals surface area (Å²) in [5.74, 6) is -1.53. The number of nitrogens with one attached hydrogen (secondary N) is 2. The van der Waals surface area contributed by atoms with E-state index in [0.29, 0.717) is 17.9 Å². The predicted octanol–water partition coefficient (Wildman–Crippen LogP) is 1.86. The number of aliphatic carboxylic acids is 2. The minimum Gasteiger partial charge on any atom is -0.489 e. The van der Waals surface area contributed by atoms with Gasteiger partial charge < -0.3 is 20.3 Å². The van der Waals surface area contributed by atoms with Gasteiger partial charge in [-0.15, -0.1) is 0 Å². The van der Waals surface area contributed by atoms with Crippen LogP contribution >= 0.6 is 0 Å². The van der Waals surface area contributed by atoms with Crippen LogP contribution < -0.4 is 20.3 Å². The van der Waals surface area contributed by atoms with E-state index >= 15 is 0 Å². The van der Waals surface area contributed by atoms with Gasteiger partial charge in [-0.3, -0.25) is 24.6 Å². The Bertz CT molecular complexity index is 796. The Morgan fingerprint density at radius 3 is 2.62 bits per heavy atom. The first-order valence-electron chi connectivity index (χ1n) is 11.4. The highest BCUT2D eigenvalue weighted by molar-refractivity contribution is 6.02. The first kappa shape index (κ1) is 24.0. The number of para-hydroxylation sites is 2. The molecule has 32 heavy (non-hydrogen) atoms. The Morgan fingerprint density at radius 1 is 1.16 bits per heavy atom. The third kappa shape index (κ3) is 6.67. The maximum absolute atomic E-state index is 13.1. The number of fused-ring (bicyclic) bond motifs is 1. The molecule has 0 saturated carbocycles. The maximum atomic E-state index is 13.1. The monoisotopic (exact) mass is 447 g/mol. The second-order valence-electron chi connectivity index (χ2n) is 8.54. The molecule has 0 radical (unpaired) electrons. The van der Waals surface area contributed by atoms with E-state index < -0.39 is 36.5 Å². The summed E-state index contributed by atoms with van der Waals surface area (Å²) < 4.78 is 5.72. The minimum absolute atomic E-state index is 0.0640. The number of rotatable bonds is 11. The molecule has 2 heterocycles. The van der Waals surface area contributed by atoms with Crippen LogP contribution in [-0.2, 0) is 14.4 Å². The molecule has 1 unspecified atom stereocenters. The summed E-state index contributed by atoms with van der Waals surface area (Å²) in [6.45, 7) is 1.57. The van der Waals surface area contributed by atoms with Gasteiger partial charge in [0.2, 0.25) is 5.91 Å². The summed E-state index contributed by atoms with van der Waals surface area (Å²) in [6, 6.07) is 4.87. The number of carboxylic acids is 2. The van der Waals surface area contributed by atoms with E-state index in [0.717, 1.165) is 43.2 Å². The van der Waals surface area contributed by atoms with Gasteiger partial charge in [0.1, 0.15) is 31.0 Å². The lowest BCUT2D eigenvalue weighted by Crippen LogP contribution is -2.54. The Balaban J connectivity index is 1.55. The molecule has 0 aliphatic carbocycles. The number of carbonyl (C=O) groups excluding carboxylic acids is 1. The zero-order valence-corrected chi connectivity index (χ0v) is 18.3. The second-order valence-corrected chi connectivity index (χ2v) is 8.54. The molecule has 3 rings (SSSR count). The molecular weight excluding hydrogens is 414 g/mol. The molecule has 9 nitrogen and oxygen atoms in total. The Hall–Kier alpha value is -2.65. The van der Waals surface area contributed by atoms with Crippen LogP contribution in [0, 0.1) is 5.92 Å². The van der Waals surface area contributed by atoms with Gasteiger partial charge in [0.15, 0.2) is 0 Å². The molecule has 1 fully saturated rings. The topological polar surface area (TPSA) is 128 Å². The maximum Gasteiger partial charge on any atom is 0.323 e. The van der Waals surface area contributed by atoms with Crippen molar-refractivity contribution >= 4 is 23.5 Å². The zero-order valence-electron chi connectivity index (χ0n) is 18.3. The second kappa shape index (κ2) is 11.8. The summed E-state index contributed by atoms with van der Waals surface area (Å²) in [5.41, 5.74) is 0.369. The number of piperidine rings is 1. The average molecular weight is 448 g/mol. The summed E-state index contributed by atoms with van der Waals surface area (Å²) in [7, 11) is 0. The minimum atomic E-state index is -1.16. The molecule has 0 spiro atoms. The lowest BCUT2D eigenvalue weighted by atomic mass is 9.92. The molecule has 1 amide bonds. The molecule has 1 saturated heterocycles. The number of amides is 1. The average Bonchev–Trinajstić information content (AvgIpc) is 2.90. The van der Waals surface area contributed by atoms with Crippen LogP contribution in [-0.4, -0.2) is 66.4 Å². The molecule has 1 aromatic carbocycles. The molecule has 2 aliphatic rings. The summed E-state index contributed by atoms with van der Waals surface area (Å²) in [6.07, 6.45) is 6.75. The third-order valence-corrected chi connectivity index (χ3v) is 6.18. The van der Waals surface area contributed by atoms with E-state index in [1.54, 1.807) is 24.3 Å². The molecule has 0 aromatic heterocycles. The van der Waals surface area contributed by atoms with Crippen LogP contribution in [0.1, 0.15) is 44.9 Å². The molecule has 1 aromatic rings. The summed E-state index contributed by atoms with van der Waals surface area (Å²) in [4.78, 5) is 37.4. The van der Waals surface area contributed by atoms with Gasteiger partial charge in [0.25, 0.3) is 0 Å². The Morgan fingerprint density at radius 2 is 1.91 bits per heavy atom. The van der Waals surface area contributed by atoms with Crippen LogP contribution in [0.25, 0.3) is 0 Å². The van der Waals surface area contributed by atoms with Crippen molar-refractivity contribution in [2.45, 2.75) is 57.0 Å². The standard InChI is InChI=1S/C23H33N3O6/c27-21(28)14-26-19-8-4-5-9-20(19)32-15-18(22(26)29)25-17(23(30)31)7-3-1-2-6-16-10-12-24-13-11-16/h4-5,8-9,16-18,24-25H,1-3,6-7,10-15H2,(H,27,28)(H,30,31)/t17-,18?/m0/s1. The zero-order chi connectivity index (χ0) is 22.9. The van der Waals surface area contributed by atoms with Crippen molar-refractivity contribution in [3.8, 4) is 5.75 Å². The van der Waals surface area contributed by atoms with Crippen LogP contribution in [0.15, 0.2) is 24.3 Å². The number of carbonyl (C=O) groups is 3. The molecule has 0 bridgehead atoms. The van der Waals surface area contributed by atoms with Gasteiger partial charge in [-0.05, 0) is 50.4 Å². The van der Waals surface area contributed by atoms with E-state index in [9.17, 15) is 24.6 Å². The third-order valence-electron chi connectivity index (χ3n) is 6.18. The normalized spacial score (nSPS) is 20.2. The molecule has 2 aliphatic heterocycles. The number of benzene rings is 1. The first-order valence-corrected chi connectivity index (χ1v) is 11.4. The van der Waals surface area contributed by atoms with Crippen molar-refractivity contribution in [1.29, 1.82) is 0 Å². The van der Waals surface area contributed by atoms with Crippen molar-refractivity contribution in [3.05, 3.63) is 24.3 Å². The van der Waals surface area contributed by atoms with Gasteiger partial charge in [0, 0.05) is 0 Å². The molecular formula is C23H33N3O6. The molecule has 176 valence electrons. The van der Waals surface area contributed by atoms with E-state index in [-0.39, 0.29) is 6.61 Å². The van der Waals surface area contributed by atoms with E-state index in [1.165, 1.54) is 19.3 Å². The van der Waals surface area contributed by atoms with Crippen molar-refractivity contribution in [3.63, 3.8) is 0 Å². The van der Waals surface area contributed by atoms with Crippen molar-refractivity contribution in [2.24, 2.45) is 5.92 Å². The lowest BCUT2D eigenvalue weighted by Gasteiger charge is -2.25. The first-order chi connectivity index (χ1) is 15.5. The van der Waals surface area contributed by atoms with Crippen molar-refractivity contribution < 1.29 is 29.3 Å². The SMILES string of the molecule is O=C(O)CN1C(=O)C(N[C@@H](CCCCCC2CCNCC2)C(=O)O)COc2ccccc21. The molecule has 4 N–H and O–H groups in total. The fourth-order valence-electron chi connectivity index (χ4n) is 4.42. The van der Waals surface area contributed by atoms with Crippen LogP contribution in [0.2, 0.25) is 0 Å². The number of hydrogen-bond acceptors (Lipinski definition) is 6. The van der Waals surface area contributed by atoms with Gasteiger partial charge >= 0.3 is 11.9 Å². The van der Waals surface area contributed by atoms with Crippen LogP contribution in [0.4, 0.5) is 5.69 Å². The van der Waals surface area contributed by atoms with Gasteiger partial charge in [-0.1, -0.05) is 37.8 Å². The lowest BCUT2D eigenvalue weighted by molar-refractivity contribution is -0.141. The van der Waals surface area contributed by atoms with Gasteiger partial charge in [-0.25, -0.2) is 0 Å². The van der Waals surface area contributed by atoms with Gasteiger partial charge in [-0.2, -0.15) is 0 Å². The number of carboxylic acid groups (broad SMARTS) is 2. The largest absolute Gasteiger partial charge is 0.489 e. The number of unbranched alkanes of at least 4 members (excludes halogenated alkanes) is 2. The quantitative estimate of drug-likeness (QED) is 0.379. The van der Waals surface area contributed by atoms with E-state index in [2.05, 4.69) is 10.6 Å². The Labute approximate surface area is 188 Å². The van der Waals surface area contributed by atoms with E-state index in [4.69, 9.17) is 4.74 Å². The highest BCUT2D eigenvalue weighted by Crippen LogP contribution is 2.31. The summed E-state index contributed by atoms with van der Waals surface area (Å²) in [5, 5.41) is 25.2. The number of nitrogens with zero attached hydrogens (tertiary/aromatic N) is 1. The number of hydrogen-bond donors (Lipinski definition) is 4. The number of anilines is 1. The van der Waals surface area contributed by atoms with E-state index in [1.807, 2.05) is 0 Å². The predicted molar refractivity (Wildman–Crippen MR) is 119 cm³/mol. The van der Waals surface area contributed by atoms with Crippen LogP contribution in [0.5, 0.6) is 5.75 Å². The fraction of sp³-hybridized carbons (Fsp3) is 0.609. The number of ether oxygens (including phenoxy) is 1. The molecule has 9 heteroatoms. The molecule has 2 atom stereocenters. The fourth-order valence-corrected chi connectivity index (χ4v) is 4.42. The van der Waals surface area contributed by atoms with Crippen LogP contribution in [0.3, 0.4) is 0 Å².